The largest absolute Gasteiger partial charge is 0.445 e. The van der Waals surface area contributed by atoms with E-state index in [1.807, 2.05) is 49.6 Å². The summed E-state index contributed by atoms with van der Waals surface area (Å²) in [5, 5.41) is 20.9. The van der Waals surface area contributed by atoms with E-state index in [0.717, 1.165) is 10.6 Å². The van der Waals surface area contributed by atoms with Crippen LogP contribution in [0.25, 0.3) is 0 Å². The first-order valence-corrected chi connectivity index (χ1v) is 35.1. The van der Waals surface area contributed by atoms with Gasteiger partial charge in [0.15, 0.2) is 0 Å². The number of anilines is 1. The van der Waals surface area contributed by atoms with E-state index in [9.17, 15) is 74.7 Å². The quantitative estimate of drug-likeness (QED) is 0.00656. The maximum absolute atomic E-state index is 14.7. The molecule has 11 atom stereocenters. The summed E-state index contributed by atoms with van der Waals surface area (Å²) in [5.74, 6) is -21.9. The van der Waals surface area contributed by atoms with Crippen molar-refractivity contribution in [1.82, 2.24) is 46.7 Å². The summed E-state index contributed by atoms with van der Waals surface area (Å²) in [6.07, 6.45) is -0.000978. The molecule has 1 aliphatic heterocycles. The summed E-state index contributed by atoms with van der Waals surface area (Å²) in [4.78, 5) is 154. The molecule has 578 valence electrons. The molecule has 1 saturated heterocycles. The third-order valence-corrected chi connectivity index (χ3v) is 18.5. The molecule has 34 heteroatoms. The van der Waals surface area contributed by atoms with Gasteiger partial charge in [0, 0.05) is 51.5 Å². The van der Waals surface area contributed by atoms with Crippen molar-refractivity contribution < 1.29 is 103 Å². The smallest absolute Gasteiger partial charge is 0.408 e. The van der Waals surface area contributed by atoms with E-state index in [0.29, 0.717) is 37.8 Å². The fourth-order valence-corrected chi connectivity index (χ4v) is 12.2. The fourth-order valence-electron chi connectivity index (χ4n) is 11.5. The summed E-state index contributed by atoms with van der Waals surface area (Å²) in [5.41, 5.74) is 5.40. The molecule has 5 rings (SSSR count). The number of carbonyl (C=O) groups is 11. The van der Waals surface area contributed by atoms with Gasteiger partial charge in [-0.05, 0) is 82.1 Å². The molecule has 9 N–H and O–H groups in total. The minimum absolute atomic E-state index is 0.105. The number of benzene rings is 3. The van der Waals surface area contributed by atoms with E-state index >= 15 is 0 Å². The van der Waals surface area contributed by atoms with Gasteiger partial charge in [-0.3, -0.25) is 47.9 Å². The molecule has 105 heavy (non-hydrogen) atoms. The van der Waals surface area contributed by atoms with Crippen molar-refractivity contribution >= 4 is 82.3 Å². The SMILES string of the molecule is CC[C@H](C)[C@@H]([C@@H](CC(=O)N1CCC[C@H]1[C@H](OC)C(C)C(=O)N[C@@H](Cc1ccccc1)c1nccs1)OC)N(C)C(=O)[C@@H](NC(=O)C(C)(C)NC(=O)OCc1ccc(NC(=O)[C@H](CC(N)=O)NC(=O)[C@H](C)NC(=O)[C@H](C)NC(=O)CCOCCOCCC(=O)Oc2c(F)c(F)c(F)c(F)c2F)cc1)C(C)C. The number of thiazole rings is 1. The number of aromatic nitrogens is 1. The number of hydrogen-bond donors (Lipinski definition) is 8. The number of nitrogens with two attached hydrogens (primary N) is 1. The fraction of sp³-hybridized carbons (Fsp3) is 0.549. The van der Waals surface area contributed by atoms with Crippen molar-refractivity contribution in [3.63, 3.8) is 0 Å². The molecule has 1 aromatic heterocycles. The van der Waals surface area contributed by atoms with E-state index in [-0.39, 0.29) is 68.7 Å². The molecule has 4 aromatic rings. The molecule has 1 aliphatic rings. The summed E-state index contributed by atoms with van der Waals surface area (Å²) in [6.45, 7) is 13.9. The number of ether oxygens (including phenoxy) is 6. The highest BCUT2D eigenvalue weighted by Gasteiger charge is 2.44. The number of hydrogen-bond acceptors (Lipinski definition) is 19. The number of nitrogens with zero attached hydrogens (tertiary/aromatic N) is 3. The first-order valence-electron chi connectivity index (χ1n) is 34.2. The number of methoxy groups -OCH3 is 2. The van der Waals surface area contributed by atoms with Crippen LogP contribution in [-0.2, 0) is 84.7 Å². The lowest BCUT2D eigenvalue weighted by Crippen LogP contribution is -2.62. The average molecular weight is 1500 g/mol. The Hall–Kier alpha value is -9.25. The number of esters is 1. The molecule has 0 radical (unpaired) electrons. The van der Waals surface area contributed by atoms with Gasteiger partial charge in [-0.1, -0.05) is 83.5 Å². The predicted molar refractivity (Wildman–Crippen MR) is 372 cm³/mol. The predicted octanol–water partition coefficient (Wildman–Crippen LogP) is 5.73. The van der Waals surface area contributed by atoms with Crippen LogP contribution in [0.5, 0.6) is 5.75 Å². The van der Waals surface area contributed by atoms with Crippen molar-refractivity contribution in [1.29, 1.82) is 0 Å². The Labute approximate surface area is 610 Å². The number of alkyl carbamates (subject to hydrolysis) is 1. The van der Waals surface area contributed by atoms with Crippen molar-refractivity contribution in [2.45, 2.75) is 180 Å². The maximum atomic E-state index is 14.7. The van der Waals surface area contributed by atoms with Crippen molar-refractivity contribution in [2.75, 3.05) is 59.6 Å². The van der Waals surface area contributed by atoms with E-state index in [2.05, 4.69) is 46.9 Å². The molecular weight excluding hydrogens is 1410 g/mol. The Morgan fingerprint density at radius 2 is 1.32 bits per heavy atom. The average Bonchev–Trinajstić information content (AvgIpc) is 1.10. The second kappa shape index (κ2) is 41.4. The molecule has 1 fully saturated rings. The lowest BCUT2D eigenvalue weighted by Gasteiger charge is -2.41. The van der Waals surface area contributed by atoms with Gasteiger partial charge in [-0.15, -0.1) is 11.3 Å². The normalized spacial score (nSPS) is 15.8. The highest BCUT2D eigenvalue weighted by molar-refractivity contribution is 7.09. The number of carbonyl (C=O) groups excluding carboxylic acids is 11. The molecule has 0 aliphatic carbocycles. The number of nitrogens with one attached hydrogen (secondary N) is 7. The molecule has 0 saturated carbocycles. The van der Waals surface area contributed by atoms with Crippen LogP contribution in [0.4, 0.5) is 32.4 Å². The Morgan fingerprint density at radius 3 is 1.90 bits per heavy atom. The monoisotopic (exact) mass is 1500 g/mol. The van der Waals surface area contributed by atoms with Gasteiger partial charge in [0.05, 0.1) is 81.9 Å². The zero-order valence-electron chi connectivity index (χ0n) is 60.8. The van der Waals surface area contributed by atoms with E-state index in [4.69, 9.17) is 29.4 Å². The molecule has 1 unspecified atom stereocenters. The summed E-state index contributed by atoms with van der Waals surface area (Å²) in [7, 11) is 4.62. The van der Waals surface area contributed by atoms with Crippen LogP contribution < -0.4 is 47.7 Å². The van der Waals surface area contributed by atoms with E-state index in [1.54, 1.807) is 38.9 Å². The summed E-state index contributed by atoms with van der Waals surface area (Å²) in [6, 6.07) is 9.05. The van der Waals surface area contributed by atoms with Crippen LogP contribution in [0.3, 0.4) is 0 Å². The van der Waals surface area contributed by atoms with Crippen LogP contribution in [-0.4, -0.2) is 188 Å². The first kappa shape index (κ1) is 86.4. The molecule has 10 amide bonds. The summed E-state index contributed by atoms with van der Waals surface area (Å²) < 4.78 is 99.7. The van der Waals surface area contributed by atoms with Gasteiger partial charge in [-0.25, -0.2) is 22.9 Å². The molecule has 3 aromatic carbocycles. The van der Waals surface area contributed by atoms with Gasteiger partial charge >= 0.3 is 12.1 Å². The van der Waals surface area contributed by atoms with Crippen LogP contribution in [0.2, 0.25) is 0 Å². The summed E-state index contributed by atoms with van der Waals surface area (Å²) >= 11 is 1.45. The zero-order valence-corrected chi connectivity index (χ0v) is 61.7. The lowest BCUT2D eigenvalue weighted by atomic mass is 9.89. The Balaban J connectivity index is 1.06. The lowest BCUT2D eigenvalue weighted by molar-refractivity contribution is -0.148. The van der Waals surface area contributed by atoms with Gasteiger partial charge < -0.3 is 81.2 Å². The maximum Gasteiger partial charge on any atom is 0.408 e. The molecule has 2 heterocycles. The topological polar surface area (TPSA) is 373 Å². The Bertz CT molecular complexity index is 3590. The number of primary amides is 1. The number of amides is 10. The number of halogens is 5. The Kier molecular flexibility index (Phi) is 34.1. The molecular formula is C71H96F5N11O17S. The van der Waals surface area contributed by atoms with Gasteiger partial charge in [0.2, 0.25) is 88.0 Å². The number of rotatable bonds is 41. The minimum Gasteiger partial charge on any atom is -0.445 e. The van der Waals surface area contributed by atoms with E-state index < -0.39 is 174 Å². The van der Waals surface area contributed by atoms with Crippen molar-refractivity contribution in [2.24, 2.45) is 23.5 Å². The zero-order chi connectivity index (χ0) is 78.0. The third-order valence-electron chi connectivity index (χ3n) is 17.6. The van der Waals surface area contributed by atoms with Crippen LogP contribution in [0.15, 0.2) is 66.2 Å². The first-order chi connectivity index (χ1) is 49.6. The molecule has 0 bridgehead atoms. The van der Waals surface area contributed by atoms with Crippen LogP contribution in [0.1, 0.15) is 129 Å². The second-order valence-corrected chi connectivity index (χ2v) is 27.2. The van der Waals surface area contributed by atoms with Crippen molar-refractivity contribution in [3.8, 4) is 5.75 Å². The van der Waals surface area contributed by atoms with E-state index in [1.165, 1.54) is 82.4 Å². The minimum atomic E-state index is -2.42. The Morgan fingerprint density at radius 1 is 0.714 bits per heavy atom. The highest BCUT2D eigenvalue weighted by Crippen LogP contribution is 2.32. The van der Waals surface area contributed by atoms with Crippen LogP contribution in [0, 0.1) is 46.8 Å². The van der Waals surface area contributed by atoms with Gasteiger partial charge in [0.1, 0.15) is 41.3 Å². The number of likely N-dealkylation sites (N-methyl/N-ethyl adjacent to an activating group) is 1. The highest BCUT2D eigenvalue weighted by atomic mass is 32.1. The van der Waals surface area contributed by atoms with Gasteiger partial charge in [-0.2, -0.15) is 8.78 Å². The molecule has 28 nitrogen and oxygen atoms in total. The van der Waals surface area contributed by atoms with Crippen LogP contribution >= 0.6 is 11.3 Å². The second-order valence-electron chi connectivity index (χ2n) is 26.3. The molecule has 0 spiro atoms. The number of likely N-dealkylation sites (tertiary alicyclic amines) is 1. The standard InChI is InChI=1S/C71H96F5N11O17S/c1-13-39(4)60(49(99-11)36-52(90)87-28-17-20-48(87)61(100-12)40(5)63(92)83-47(67-78-27-33-105-67)34-43-18-15-14-16-19-43)86(10)68(96)59(38(2)3)84-69(97)71(8,9)85-70(98)103-37-44-21-23-45(24-22-44)81-66(95)46(35-50(77)88)82-65(94)42(7)80-64(93)41(6)79-51(89)25-29-101-31-32-102-30-26-53(91)104-62-57(75)55(73)54(72)56(74)58(62)76/h14-16,18-19,21-24,27,33,38-42,46-49,59-61H,13,17,20,25-26,28-32,34-37H2,1-12H3,(H2,77,88)(H,79,89)(H,80,93)(H,81,95)(H,82,94)(H,83,92)(H,84,97)(H,85,98)/t39-,40?,41-,42-,46-,47-,48-,49+,59-,60-,61+/m0/s1. The van der Waals surface area contributed by atoms with Crippen molar-refractivity contribution in [3.05, 3.63) is 111 Å². The van der Waals surface area contributed by atoms with Gasteiger partial charge in [0.25, 0.3) is 0 Å². The third kappa shape index (κ3) is 25.5.